The van der Waals surface area contributed by atoms with Gasteiger partial charge in [-0.15, -0.1) is 0 Å². The van der Waals surface area contributed by atoms with E-state index in [1.54, 1.807) is 0 Å². The van der Waals surface area contributed by atoms with Crippen molar-refractivity contribution in [3.63, 3.8) is 0 Å². The maximum atomic E-state index is 5.93. The number of hydrogen-bond acceptors (Lipinski definition) is 4. The minimum Gasteiger partial charge on any atom is -0.374 e. The molecule has 0 aromatic carbocycles. The van der Waals surface area contributed by atoms with Crippen molar-refractivity contribution in [3.8, 4) is 0 Å². The van der Waals surface area contributed by atoms with Crippen molar-refractivity contribution in [1.29, 1.82) is 0 Å². The van der Waals surface area contributed by atoms with Crippen molar-refractivity contribution >= 4 is 0 Å². The molecule has 2 atom stereocenters. The summed E-state index contributed by atoms with van der Waals surface area (Å²) in [6.45, 7) is 9.50. The largest absolute Gasteiger partial charge is 0.374 e. The van der Waals surface area contributed by atoms with Crippen molar-refractivity contribution < 1.29 is 4.74 Å². The normalized spacial score (nSPS) is 32.3. The molecule has 0 spiro atoms. The minimum atomic E-state index is 0.380. The van der Waals surface area contributed by atoms with E-state index in [0.29, 0.717) is 12.1 Å². The van der Waals surface area contributed by atoms with E-state index < -0.39 is 0 Å². The summed E-state index contributed by atoms with van der Waals surface area (Å²) in [5.41, 5.74) is 5.93. The first-order chi connectivity index (χ1) is 8.83. The molecule has 2 unspecified atom stereocenters. The number of nitrogens with zero attached hydrogens (tertiary/aromatic N) is 2. The lowest BCUT2D eigenvalue weighted by Crippen LogP contribution is -2.50. The first-order valence-electron chi connectivity index (χ1n) is 7.61. The summed E-state index contributed by atoms with van der Waals surface area (Å²) in [4.78, 5) is 5.07. The fourth-order valence-electron chi connectivity index (χ4n) is 3.18. The third kappa shape index (κ3) is 3.92. The van der Waals surface area contributed by atoms with Gasteiger partial charge in [0.1, 0.15) is 0 Å². The Morgan fingerprint density at radius 2 is 2.11 bits per heavy atom. The van der Waals surface area contributed by atoms with Crippen LogP contribution in [0.5, 0.6) is 0 Å². The van der Waals surface area contributed by atoms with Gasteiger partial charge in [0, 0.05) is 32.2 Å². The summed E-state index contributed by atoms with van der Waals surface area (Å²) in [6, 6.07) is 0.577. The molecule has 2 N–H and O–H groups in total. The maximum absolute atomic E-state index is 5.93. The molecule has 2 heterocycles. The lowest BCUT2D eigenvalue weighted by molar-refractivity contribution is -0.0464. The van der Waals surface area contributed by atoms with Crippen LogP contribution in [0.4, 0.5) is 0 Å². The summed E-state index contributed by atoms with van der Waals surface area (Å²) < 4.78 is 5.92. The molecule has 4 heteroatoms. The minimum absolute atomic E-state index is 0.380. The lowest BCUT2D eigenvalue weighted by Gasteiger charge is -2.37. The summed E-state index contributed by atoms with van der Waals surface area (Å²) in [5.74, 6) is 0. The Kier molecular flexibility index (Phi) is 5.89. The van der Waals surface area contributed by atoms with Crippen LogP contribution >= 0.6 is 0 Å². The van der Waals surface area contributed by atoms with Crippen LogP contribution in [0.25, 0.3) is 0 Å². The third-order valence-electron chi connectivity index (χ3n) is 4.38. The number of likely N-dealkylation sites (tertiary alicyclic amines) is 1. The molecule has 0 aliphatic carbocycles. The topological polar surface area (TPSA) is 41.7 Å². The van der Waals surface area contributed by atoms with Gasteiger partial charge in [-0.1, -0.05) is 19.8 Å². The number of morpholine rings is 1. The monoisotopic (exact) mass is 255 g/mol. The predicted molar refractivity (Wildman–Crippen MR) is 74.7 cm³/mol. The standard InChI is InChI=1S/C14H29N3O/c1-2-16-8-9-18-14(11-16)12-17-7-5-3-4-6-13(17)10-15/h13-14H,2-12,15H2,1H3. The van der Waals surface area contributed by atoms with Gasteiger partial charge >= 0.3 is 0 Å². The molecule has 2 rings (SSSR count). The van der Waals surface area contributed by atoms with Crippen LogP contribution in [0.3, 0.4) is 0 Å². The van der Waals surface area contributed by atoms with Gasteiger partial charge in [0.2, 0.25) is 0 Å². The van der Waals surface area contributed by atoms with Crippen molar-refractivity contribution in [1.82, 2.24) is 9.80 Å². The van der Waals surface area contributed by atoms with Gasteiger partial charge in [-0.25, -0.2) is 0 Å². The van der Waals surface area contributed by atoms with E-state index in [-0.39, 0.29) is 0 Å². The highest BCUT2D eigenvalue weighted by molar-refractivity contribution is 4.81. The van der Waals surface area contributed by atoms with Crippen LogP contribution in [-0.2, 0) is 4.74 Å². The summed E-state index contributed by atoms with van der Waals surface area (Å²) in [5, 5.41) is 0. The zero-order chi connectivity index (χ0) is 12.8. The van der Waals surface area contributed by atoms with E-state index in [9.17, 15) is 0 Å². The van der Waals surface area contributed by atoms with E-state index in [1.165, 1.54) is 32.2 Å². The molecule has 2 aliphatic heterocycles. The molecular formula is C14H29N3O. The highest BCUT2D eigenvalue weighted by Crippen LogP contribution is 2.18. The Bertz CT molecular complexity index is 237. The second-order valence-electron chi connectivity index (χ2n) is 5.62. The van der Waals surface area contributed by atoms with Gasteiger partial charge in [0.25, 0.3) is 0 Å². The zero-order valence-corrected chi connectivity index (χ0v) is 11.8. The molecular weight excluding hydrogens is 226 g/mol. The molecule has 0 amide bonds. The zero-order valence-electron chi connectivity index (χ0n) is 11.8. The fourth-order valence-corrected chi connectivity index (χ4v) is 3.18. The molecule has 18 heavy (non-hydrogen) atoms. The molecule has 4 nitrogen and oxygen atoms in total. The van der Waals surface area contributed by atoms with Crippen molar-refractivity contribution in [2.45, 2.75) is 44.8 Å². The number of likely N-dealkylation sites (N-methyl/N-ethyl adjacent to an activating group) is 1. The van der Waals surface area contributed by atoms with Crippen LogP contribution in [0.1, 0.15) is 32.6 Å². The van der Waals surface area contributed by atoms with Gasteiger partial charge < -0.3 is 10.5 Å². The third-order valence-corrected chi connectivity index (χ3v) is 4.38. The number of hydrogen-bond donors (Lipinski definition) is 1. The first-order valence-corrected chi connectivity index (χ1v) is 7.61. The van der Waals surface area contributed by atoms with E-state index in [2.05, 4.69) is 16.7 Å². The summed E-state index contributed by atoms with van der Waals surface area (Å²) in [6.07, 6.45) is 5.66. The molecule has 0 bridgehead atoms. The highest BCUT2D eigenvalue weighted by Gasteiger charge is 2.26. The van der Waals surface area contributed by atoms with Crippen LogP contribution < -0.4 is 5.73 Å². The highest BCUT2D eigenvalue weighted by atomic mass is 16.5. The SMILES string of the molecule is CCN1CCOC(CN2CCCCCC2CN)C1. The second kappa shape index (κ2) is 7.43. The van der Waals surface area contributed by atoms with Gasteiger partial charge in [-0.3, -0.25) is 9.80 Å². The number of nitrogens with two attached hydrogens (primary N) is 1. The van der Waals surface area contributed by atoms with Crippen LogP contribution in [0.15, 0.2) is 0 Å². The van der Waals surface area contributed by atoms with Crippen LogP contribution in [0, 0.1) is 0 Å². The molecule has 2 aliphatic rings. The van der Waals surface area contributed by atoms with E-state index in [0.717, 1.165) is 39.3 Å². The lowest BCUT2D eigenvalue weighted by atomic mass is 10.1. The molecule has 106 valence electrons. The van der Waals surface area contributed by atoms with E-state index in [4.69, 9.17) is 10.5 Å². The Hall–Kier alpha value is -0.160. The van der Waals surface area contributed by atoms with E-state index >= 15 is 0 Å². The average Bonchev–Trinajstić information content (AvgIpc) is 2.64. The number of rotatable bonds is 4. The smallest absolute Gasteiger partial charge is 0.0829 e. The average molecular weight is 255 g/mol. The Morgan fingerprint density at radius 3 is 2.89 bits per heavy atom. The molecule has 0 saturated carbocycles. The summed E-state index contributed by atoms with van der Waals surface area (Å²) in [7, 11) is 0. The molecule has 0 aromatic rings. The van der Waals surface area contributed by atoms with Crippen molar-refractivity contribution in [2.24, 2.45) is 5.73 Å². The molecule has 0 aromatic heterocycles. The van der Waals surface area contributed by atoms with Gasteiger partial charge in [0.05, 0.1) is 12.7 Å². The quantitative estimate of drug-likeness (QED) is 0.811. The molecule has 0 radical (unpaired) electrons. The Labute approximate surface area is 111 Å². The summed E-state index contributed by atoms with van der Waals surface area (Å²) >= 11 is 0. The Morgan fingerprint density at radius 1 is 1.22 bits per heavy atom. The second-order valence-corrected chi connectivity index (χ2v) is 5.62. The van der Waals surface area contributed by atoms with Crippen LogP contribution in [-0.4, -0.2) is 67.8 Å². The molecule has 2 fully saturated rings. The van der Waals surface area contributed by atoms with Crippen molar-refractivity contribution in [2.75, 3.05) is 45.9 Å². The van der Waals surface area contributed by atoms with Gasteiger partial charge in [0.15, 0.2) is 0 Å². The number of ether oxygens (including phenoxy) is 1. The first kappa shape index (κ1) is 14.3. The van der Waals surface area contributed by atoms with Gasteiger partial charge in [-0.2, -0.15) is 0 Å². The maximum Gasteiger partial charge on any atom is 0.0829 e. The van der Waals surface area contributed by atoms with E-state index in [1.807, 2.05) is 0 Å². The predicted octanol–water partition coefficient (Wildman–Crippen LogP) is 0.910. The molecule has 2 saturated heterocycles. The van der Waals surface area contributed by atoms with Crippen LogP contribution in [0.2, 0.25) is 0 Å². The fraction of sp³-hybridized carbons (Fsp3) is 1.00. The Balaban J connectivity index is 1.85. The van der Waals surface area contributed by atoms with Gasteiger partial charge in [-0.05, 0) is 25.9 Å². The van der Waals surface area contributed by atoms with Crippen molar-refractivity contribution in [3.05, 3.63) is 0 Å².